The van der Waals surface area contributed by atoms with Gasteiger partial charge < -0.3 is 8.99 Å². The molecule has 0 radical (unpaired) electrons. The second-order valence-electron chi connectivity index (χ2n) is 7.13. The summed E-state index contributed by atoms with van der Waals surface area (Å²) in [6.45, 7) is 15.4. The average molecular weight is 289 g/mol. The van der Waals surface area contributed by atoms with Crippen LogP contribution in [0.2, 0.25) is 18.1 Å². The van der Waals surface area contributed by atoms with Gasteiger partial charge in [-0.15, -0.1) is 0 Å². The molecule has 1 aromatic carbocycles. The van der Waals surface area contributed by atoms with E-state index in [0.717, 1.165) is 13.2 Å². The third-order valence-electron chi connectivity index (χ3n) is 4.63. The maximum absolute atomic E-state index is 6.26. The molecule has 0 atom stereocenters. The van der Waals surface area contributed by atoms with Crippen LogP contribution in [0, 0.1) is 6.92 Å². The molecular formula is C17H27NOSi. The summed E-state index contributed by atoms with van der Waals surface area (Å²) in [7, 11) is -1.63. The molecule has 2 aromatic rings. The van der Waals surface area contributed by atoms with Gasteiger partial charge in [-0.25, -0.2) is 0 Å². The van der Waals surface area contributed by atoms with Crippen LogP contribution in [0.5, 0.6) is 0 Å². The van der Waals surface area contributed by atoms with Crippen LogP contribution < -0.4 is 0 Å². The van der Waals surface area contributed by atoms with E-state index in [2.05, 4.69) is 75.8 Å². The van der Waals surface area contributed by atoms with Gasteiger partial charge in [-0.1, -0.05) is 32.9 Å². The molecule has 0 saturated carbocycles. The number of hydrogen-bond acceptors (Lipinski definition) is 1. The molecule has 0 unspecified atom stereocenters. The van der Waals surface area contributed by atoms with E-state index < -0.39 is 8.32 Å². The lowest BCUT2D eigenvalue weighted by molar-refractivity contribution is 0.273. The van der Waals surface area contributed by atoms with Crippen molar-refractivity contribution in [1.29, 1.82) is 0 Å². The normalized spacial score (nSPS) is 13.1. The summed E-state index contributed by atoms with van der Waals surface area (Å²) in [5, 5.41) is 1.63. The number of hydrogen-bond donors (Lipinski definition) is 0. The van der Waals surface area contributed by atoms with Gasteiger partial charge in [0.1, 0.15) is 0 Å². The van der Waals surface area contributed by atoms with Crippen molar-refractivity contribution in [2.45, 2.75) is 52.4 Å². The maximum Gasteiger partial charge on any atom is 0.192 e. The number of benzene rings is 1. The lowest BCUT2D eigenvalue weighted by Crippen LogP contribution is -2.41. The van der Waals surface area contributed by atoms with Crippen molar-refractivity contribution in [3.05, 3.63) is 36.0 Å². The lowest BCUT2D eigenvalue weighted by Gasteiger charge is -2.36. The zero-order valence-electron chi connectivity index (χ0n) is 13.7. The zero-order valence-corrected chi connectivity index (χ0v) is 14.7. The first-order valence-electron chi connectivity index (χ1n) is 7.41. The molecule has 0 amide bonds. The minimum atomic E-state index is -1.63. The van der Waals surface area contributed by atoms with Gasteiger partial charge in [0.05, 0.1) is 6.61 Å². The molecule has 20 heavy (non-hydrogen) atoms. The highest BCUT2D eigenvalue weighted by Gasteiger charge is 2.36. The number of aryl methyl sites for hydroxylation is 1. The summed E-state index contributed by atoms with van der Waals surface area (Å²) in [5.74, 6) is 0. The Kier molecular flexibility index (Phi) is 4.12. The average Bonchev–Trinajstić information content (AvgIpc) is 2.72. The van der Waals surface area contributed by atoms with Crippen LogP contribution in [0.15, 0.2) is 30.5 Å². The topological polar surface area (TPSA) is 14.2 Å². The second kappa shape index (κ2) is 5.38. The quantitative estimate of drug-likeness (QED) is 0.725. The third-order valence-corrected chi connectivity index (χ3v) is 9.17. The molecule has 2 nitrogen and oxygen atoms in total. The van der Waals surface area contributed by atoms with Crippen LogP contribution in [-0.2, 0) is 11.0 Å². The fourth-order valence-corrected chi connectivity index (χ4v) is 3.22. The van der Waals surface area contributed by atoms with Crippen LogP contribution in [0.1, 0.15) is 26.3 Å². The molecule has 2 rings (SSSR count). The minimum absolute atomic E-state index is 0.280. The molecule has 0 bridgehead atoms. The van der Waals surface area contributed by atoms with Crippen molar-refractivity contribution in [1.82, 2.24) is 4.57 Å². The van der Waals surface area contributed by atoms with Crippen molar-refractivity contribution in [2.75, 3.05) is 6.61 Å². The van der Waals surface area contributed by atoms with Gasteiger partial charge >= 0.3 is 0 Å². The summed E-state index contributed by atoms with van der Waals surface area (Å²) in [4.78, 5) is 0. The van der Waals surface area contributed by atoms with Crippen molar-refractivity contribution in [3.63, 3.8) is 0 Å². The van der Waals surface area contributed by atoms with E-state index in [1.54, 1.807) is 0 Å². The van der Waals surface area contributed by atoms with Crippen molar-refractivity contribution in [2.24, 2.45) is 0 Å². The lowest BCUT2D eigenvalue weighted by atomic mass is 10.1. The van der Waals surface area contributed by atoms with E-state index >= 15 is 0 Å². The smallest absolute Gasteiger partial charge is 0.192 e. The third kappa shape index (κ3) is 2.99. The molecule has 0 saturated heterocycles. The van der Waals surface area contributed by atoms with Crippen molar-refractivity contribution in [3.8, 4) is 0 Å². The Morgan fingerprint density at radius 1 is 1.15 bits per heavy atom. The molecule has 0 aliphatic heterocycles. The Labute approximate surface area is 123 Å². The van der Waals surface area contributed by atoms with Crippen molar-refractivity contribution < 1.29 is 4.43 Å². The maximum atomic E-state index is 6.26. The molecule has 0 fully saturated rings. The van der Waals surface area contributed by atoms with Gasteiger partial charge in [0, 0.05) is 23.6 Å². The van der Waals surface area contributed by atoms with Gasteiger partial charge in [-0.05, 0) is 42.8 Å². The predicted molar refractivity (Wildman–Crippen MR) is 89.8 cm³/mol. The van der Waals surface area contributed by atoms with Gasteiger partial charge in [0.15, 0.2) is 8.32 Å². The highest BCUT2D eigenvalue weighted by Crippen LogP contribution is 2.36. The van der Waals surface area contributed by atoms with Crippen LogP contribution in [0.25, 0.3) is 10.9 Å². The second-order valence-corrected chi connectivity index (χ2v) is 11.9. The molecule has 1 heterocycles. The van der Waals surface area contributed by atoms with Gasteiger partial charge in [-0.2, -0.15) is 0 Å². The number of rotatable bonds is 4. The fraction of sp³-hybridized carbons (Fsp3) is 0.529. The van der Waals surface area contributed by atoms with E-state index in [9.17, 15) is 0 Å². The van der Waals surface area contributed by atoms with E-state index in [1.807, 2.05) is 0 Å². The molecule has 0 spiro atoms. The highest BCUT2D eigenvalue weighted by molar-refractivity contribution is 6.74. The predicted octanol–water partition coefficient (Wildman–Crippen LogP) is 4.97. The Morgan fingerprint density at radius 3 is 2.50 bits per heavy atom. The molecular weight excluding hydrogens is 262 g/mol. The van der Waals surface area contributed by atoms with E-state index in [4.69, 9.17) is 4.43 Å². The Balaban J connectivity index is 2.06. The molecule has 110 valence electrons. The van der Waals surface area contributed by atoms with Crippen molar-refractivity contribution >= 4 is 19.2 Å². The summed E-state index contributed by atoms with van der Waals surface area (Å²) < 4.78 is 8.57. The van der Waals surface area contributed by atoms with Crippen LogP contribution in [0.4, 0.5) is 0 Å². The fourth-order valence-electron chi connectivity index (χ4n) is 2.19. The Morgan fingerprint density at radius 2 is 1.85 bits per heavy atom. The standard InChI is InChI=1S/C17H27NOSi/c1-14-8-7-9-16-15(14)10-11-18(16)12-13-19-20(5,6)17(2,3)4/h7-11H,12-13H2,1-6H3. The first kappa shape index (κ1) is 15.3. The number of aromatic nitrogens is 1. The molecule has 0 aliphatic rings. The molecule has 0 N–H and O–H groups in total. The van der Waals surface area contributed by atoms with Crippen LogP contribution in [-0.4, -0.2) is 19.5 Å². The summed E-state index contributed by atoms with van der Waals surface area (Å²) in [6.07, 6.45) is 2.17. The largest absolute Gasteiger partial charge is 0.415 e. The Bertz CT molecular complexity index is 593. The minimum Gasteiger partial charge on any atom is -0.415 e. The summed E-state index contributed by atoms with van der Waals surface area (Å²) >= 11 is 0. The first-order chi connectivity index (χ1) is 9.22. The van der Waals surface area contributed by atoms with Gasteiger partial charge in [0.25, 0.3) is 0 Å². The number of fused-ring (bicyclic) bond motifs is 1. The van der Waals surface area contributed by atoms with E-state index in [1.165, 1.54) is 16.5 Å². The summed E-state index contributed by atoms with van der Waals surface area (Å²) in [6, 6.07) is 8.69. The summed E-state index contributed by atoms with van der Waals surface area (Å²) in [5.41, 5.74) is 2.65. The monoisotopic (exact) mass is 289 g/mol. The van der Waals surface area contributed by atoms with E-state index in [0.29, 0.717) is 0 Å². The zero-order chi connectivity index (χ0) is 15.0. The van der Waals surface area contributed by atoms with Crippen LogP contribution in [0.3, 0.4) is 0 Å². The molecule has 3 heteroatoms. The highest BCUT2D eigenvalue weighted by atomic mass is 28.4. The molecule has 1 aromatic heterocycles. The van der Waals surface area contributed by atoms with Gasteiger partial charge in [0.2, 0.25) is 0 Å². The Hall–Kier alpha value is -1.06. The van der Waals surface area contributed by atoms with E-state index in [-0.39, 0.29) is 5.04 Å². The number of nitrogens with zero attached hydrogens (tertiary/aromatic N) is 1. The molecule has 0 aliphatic carbocycles. The first-order valence-corrected chi connectivity index (χ1v) is 10.3. The van der Waals surface area contributed by atoms with Gasteiger partial charge in [-0.3, -0.25) is 0 Å². The SMILES string of the molecule is Cc1cccc2c1ccn2CCO[Si](C)(C)C(C)(C)C. The van der Waals surface area contributed by atoms with Crippen LogP contribution >= 0.6 is 0 Å².